The molecule has 2 aromatic rings. The first-order chi connectivity index (χ1) is 10.2. The molecular formula is C17H22N2OS. The third-order valence-electron chi connectivity index (χ3n) is 3.23. The second kappa shape index (κ2) is 8.05. The molecule has 4 heteroatoms. The van der Waals surface area contributed by atoms with E-state index in [0.29, 0.717) is 6.61 Å². The van der Waals surface area contributed by atoms with Crippen LogP contribution >= 0.6 is 11.8 Å². The molecule has 0 fully saturated rings. The molecule has 1 N–H and O–H groups in total. The van der Waals surface area contributed by atoms with E-state index in [-0.39, 0.29) is 6.04 Å². The maximum absolute atomic E-state index is 5.52. The Morgan fingerprint density at radius 2 is 2.00 bits per heavy atom. The first-order valence-electron chi connectivity index (χ1n) is 7.17. The molecule has 1 unspecified atom stereocenters. The fraction of sp³-hybridized carbons (Fsp3) is 0.353. The summed E-state index contributed by atoms with van der Waals surface area (Å²) in [6, 6.07) is 10.9. The lowest BCUT2D eigenvalue weighted by atomic mass is 10.1. The van der Waals surface area contributed by atoms with Crippen molar-refractivity contribution in [2.24, 2.45) is 0 Å². The lowest BCUT2D eigenvalue weighted by Gasteiger charge is -2.17. The molecule has 0 spiro atoms. The van der Waals surface area contributed by atoms with Crippen molar-refractivity contribution in [1.29, 1.82) is 0 Å². The SMILES string of the molecule is CCOc1cncc(C(CSc2ccc(C)cc2)NC)c1. The zero-order chi connectivity index (χ0) is 15.1. The molecule has 1 heterocycles. The molecule has 112 valence electrons. The van der Waals surface area contributed by atoms with Crippen LogP contribution in [0.2, 0.25) is 0 Å². The van der Waals surface area contributed by atoms with E-state index in [2.05, 4.69) is 47.6 Å². The molecule has 0 amide bonds. The largest absolute Gasteiger partial charge is 0.492 e. The van der Waals surface area contributed by atoms with E-state index in [1.807, 2.05) is 31.9 Å². The van der Waals surface area contributed by atoms with Crippen molar-refractivity contribution in [3.63, 3.8) is 0 Å². The Labute approximate surface area is 131 Å². The molecule has 1 atom stereocenters. The van der Waals surface area contributed by atoms with Crippen LogP contribution in [0.15, 0.2) is 47.6 Å². The van der Waals surface area contributed by atoms with Crippen LogP contribution < -0.4 is 10.1 Å². The van der Waals surface area contributed by atoms with Crippen LogP contribution in [0.5, 0.6) is 5.75 Å². The van der Waals surface area contributed by atoms with Gasteiger partial charge in [0.25, 0.3) is 0 Å². The average molecular weight is 302 g/mol. The summed E-state index contributed by atoms with van der Waals surface area (Å²) in [7, 11) is 1.98. The van der Waals surface area contributed by atoms with E-state index in [9.17, 15) is 0 Å². The van der Waals surface area contributed by atoms with Crippen molar-refractivity contribution in [2.45, 2.75) is 24.8 Å². The Morgan fingerprint density at radius 1 is 1.24 bits per heavy atom. The maximum atomic E-state index is 5.52. The van der Waals surface area contributed by atoms with Crippen molar-refractivity contribution in [1.82, 2.24) is 10.3 Å². The predicted molar refractivity (Wildman–Crippen MR) is 89.1 cm³/mol. The van der Waals surface area contributed by atoms with Crippen molar-refractivity contribution >= 4 is 11.8 Å². The van der Waals surface area contributed by atoms with Gasteiger partial charge >= 0.3 is 0 Å². The summed E-state index contributed by atoms with van der Waals surface area (Å²) in [5, 5.41) is 3.35. The van der Waals surface area contributed by atoms with Crippen LogP contribution in [0.1, 0.15) is 24.1 Å². The number of nitrogens with zero attached hydrogens (tertiary/aromatic N) is 1. The second-order valence-corrected chi connectivity index (χ2v) is 5.95. The van der Waals surface area contributed by atoms with E-state index in [4.69, 9.17) is 4.74 Å². The Kier molecular flexibility index (Phi) is 6.08. The molecule has 0 bridgehead atoms. The third-order valence-corrected chi connectivity index (χ3v) is 4.34. The Hall–Kier alpha value is -1.52. The van der Waals surface area contributed by atoms with Gasteiger partial charge in [-0.1, -0.05) is 17.7 Å². The zero-order valence-corrected chi connectivity index (χ0v) is 13.6. The highest BCUT2D eigenvalue weighted by Gasteiger charge is 2.11. The van der Waals surface area contributed by atoms with Gasteiger partial charge < -0.3 is 10.1 Å². The van der Waals surface area contributed by atoms with Crippen LogP contribution in [0, 0.1) is 6.92 Å². The monoisotopic (exact) mass is 302 g/mol. The number of aromatic nitrogens is 1. The number of aryl methyl sites for hydroxylation is 1. The number of nitrogens with one attached hydrogen (secondary N) is 1. The van der Waals surface area contributed by atoms with Crippen LogP contribution in [0.4, 0.5) is 0 Å². The second-order valence-electron chi connectivity index (χ2n) is 4.85. The normalized spacial score (nSPS) is 12.1. The van der Waals surface area contributed by atoms with Gasteiger partial charge in [-0.3, -0.25) is 4.98 Å². The van der Waals surface area contributed by atoms with Crippen molar-refractivity contribution < 1.29 is 4.74 Å². The van der Waals surface area contributed by atoms with E-state index >= 15 is 0 Å². The number of thioether (sulfide) groups is 1. The molecule has 0 saturated carbocycles. The van der Waals surface area contributed by atoms with E-state index in [1.54, 1.807) is 6.20 Å². The molecule has 21 heavy (non-hydrogen) atoms. The summed E-state index contributed by atoms with van der Waals surface area (Å²) < 4.78 is 5.52. The van der Waals surface area contributed by atoms with Crippen LogP contribution in [-0.4, -0.2) is 24.4 Å². The van der Waals surface area contributed by atoms with Gasteiger partial charge in [-0.05, 0) is 44.7 Å². The summed E-state index contributed by atoms with van der Waals surface area (Å²) in [5.74, 6) is 1.78. The fourth-order valence-electron chi connectivity index (χ4n) is 2.03. The Bertz CT molecular complexity index is 557. The fourth-order valence-corrected chi connectivity index (χ4v) is 3.08. The zero-order valence-electron chi connectivity index (χ0n) is 12.8. The molecule has 0 radical (unpaired) electrons. The summed E-state index contributed by atoms with van der Waals surface area (Å²) in [4.78, 5) is 5.55. The number of rotatable bonds is 7. The third kappa shape index (κ3) is 4.76. The smallest absolute Gasteiger partial charge is 0.137 e. The van der Waals surface area contributed by atoms with Gasteiger partial charge in [0.2, 0.25) is 0 Å². The summed E-state index contributed by atoms with van der Waals surface area (Å²) in [6.07, 6.45) is 3.66. The highest BCUT2D eigenvalue weighted by molar-refractivity contribution is 7.99. The van der Waals surface area contributed by atoms with E-state index in [0.717, 1.165) is 17.1 Å². The van der Waals surface area contributed by atoms with Gasteiger partial charge in [0.05, 0.1) is 12.8 Å². The van der Waals surface area contributed by atoms with Gasteiger partial charge in [0.15, 0.2) is 0 Å². The molecule has 1 aromatic heterocycles. The number of ether oxygens (including phenoxy) is 1. The van der Waals surface area contributed by atoms with Gasteiger partial charge in [0.1, 0.15) is 5.75 Å². The van der Waals surface area contributed by atoms with Crippen molar-refractivity contribution in [3.05, 3.63) is 53.9 Å². The van der Waals surface area contributed by atoms with Gasteiger partial charge in [0, 0.05) is 22.9 Å². The summed E-state index contributed by atoms with van der Waals surface area (Å²) >= 11 is 1.84. The van der Waals surface area contributed by atoms with Gasteiger partial charge in [-0.15, -0.1) is 11.8 Å². The topological polar surface area (TPSA) is 34.1 Å². The minimum atomic E-state index is 0.254. The highest BCUT2D eigenvalue weighted by Crippen LogP contribution is 2.26. The standard InChI is InChI=1S/C17H22N2OS/c1-4-20-15-9-14(10-19-11-15)17(18-3)12-21-16-7-5-13(2)6-8-16/h5-11,17-18H,4,12H2,1-3H3. The minimum Gasteiger partial charge on any atom is -0.492 e. The highest BCUT2D eigenvalue weighted by atomic mass is 32.2. The Balaban J connectivity index is 2.02. The average Bonchev–Trinajstić information content (AvgIpc) is 2.50. The molecule has 0 aliphatic heterocycles. The molecular weight excluding hydrogens is 280 g/mol. The van der Waals surface area contributed by atoms with Crippen molar-refractivity contribution in [2.75, 3.05) is 19.4 Å². The summed E-state index contributed by atoms with van der Waals surface area (Å²) in [6.45, 7) is 4.75. The molecule has 2 rings (SSSR count). The molecule has 0 aliphatic rings. The number of pyridine rings is 1. The minimum absolute atomic E-state index is 0.254. The number of hydrogen-bond donors (Lipinski definition) is 1. The van der Waals surface area contributed by atoms with Gasteiger partial charge in [-0.2, -0.15) is 0 Å². The molecule has 1 aromatic carbocycles. The first kappa shape index (κ1) is 15.9. The number of benzene rings is 1. The first-order valence-corrected chi connectivity index (χ1v) is 8.16. The maximum Gasteiger partial charge on any atom is 0.137 e. The quantitative estimate of drug-likeness (QED) is 0.788. The Morgan fingerprint density at radius 3 is 2.67 bits per heavy atom. The summed E-state index contributed by atoms with van der Waals surface area (Å²) in [5.41, 5.74) is 2.45. The van der Waals surface area contributed by atoms with E-state index < -0.39 is 0 Å². The number of hydrogen-bond acceptors (Lipinski definition) is 4. The van der Waals surface area contributed by atoms with Crippen molar-refractivity contribution in [3.8, 4) is 5.75 Å². The van der Waals surface area contributed by atoms with Gasteiger partial charge in [-0.25, -0.2) is 0 Å². The molecule has 0 aliphatic carbocycles. The lowest BCUT2D eigenvalue weighted by Crippen LogP contribution is -2.19. The lowest BCUT2D eigenvalue weighted by molar-refractivity contribution is 0.338. The van der Waals surface area contributed by atoms with E-state index in [1.165, 1.54) is 10.5 Å². The van der Waals surface area contributed by atoms with Crippen LogP contribution in [-0.2, 0) is 0 Å². The molecule has 3 nitrogen and oxygen atoms in total. The predicted octanol–water partition coefficient (Wildman–Crippen LogP) is 3.84. The van der Waals surface area contributed by atoms with Crippen LogP contribution in [0.3, 0.4) is 0 Å². The molecule has 0 saturated heterocycles. The van der Waals surface area contributed by atoms with Crippen LogP contribution in [0.25, 0.3) is 0 Å².